The van der Waals surface area contributed by atoms with Crippen LogP contribution in [0.15, 0.2) is 12.3 Å². The fourth-order valence-corrected chi connectivity index (χ4v) is 3.83. The molecule has 0 saturated heterocycles. The third kappa shape index (κ3) is 8.32. The second-order valence-corrected chi connectivity index (χ2v) is 8.63. The van der Waals surface area contributed by atoms with Crippen molar-refractivity contribution in [2.45, 2.75) is 52.4 Å². The Kier molecular flexibility index (Phi) is 6.92. The summed E-state index contributed by atoms with van der Waals surface area (Å²) < 4.78 is 11.2. The van der Waals surface area contributed by atoms with Crippen LogP contribution in [-0.2, 0) is 9.16 Å². The third-order valence-corrected chi connectivity index (χ3v) is 4.50. The van der Waals surface area contributed by atoms with Crippen molar-refractivity contribution in [2.24, 2.45) is 0 Å². The third-order valence-electron chi connectivity index (χ3n) is 1.83. The molecule has 0 aromatic rings. The quantitative estimate of drug-likeness (QED) is 0.368. The van der Waals surface area contributed by atoms with Crippen LogP contribution in [0.4, 0.5) is 0 Å². The molecule has 0 radical (unpaired) electrons. The van der Waals surface area contributed by atoms with Crippen molar-refractivity contribution in [3.05, 3.63) is 12.3 Å². The lowest BCUT2D eigenvalue weighted by Gasteiger charge is -2.25. The zero-order valence-electron chi connectivity index (χ0n) is 10.2. The van der Waals surface area contributed by atoms with Crippen molar-refractivity contribution in [1.82, 2.24) is 0 Å². The van der Waals surface area contributed by atoms with Crippen molar-refractivity contribution >= 4 is 8.32 Å². The highest BCUT2D eigenvalue weighted by atomic mass is 28.4. The van der Waals surface area contributed by atoms with Crippen LogP contribution in [0.5, 0.6) is 0 Å². The molecule has 0 aliphatic rings. The van der Waals surface area contributed by atoms with Crippen molar-refractivity contribution in [3.63, 3.8) is 0 Å². The Bertz CT molecular complexity index is 165. The van der Waals surface area contributed by atoms with E-state index in [2.05, 4.69) is 26.9 Å². The van der Waals surface area contributed by atoms with Crippen LogP contribution in [0.25, 0.3) is 0 Å². The molecule has 0 aromatic heterocycles. The summed E-state index contributed by atoms with van der Waals surface area (Å²) in [6.07, 6.45) is 5.11. The Morgan fingerprint density at radius 1 is 1.29 bits per heavy atom. The smallest absolute Gasteiger partial charge is 0.187 e. The van der Waals surface area contributed by atoms with Gasteiger partial charge in [-0.05, 0) is 46.3 Å². The molecule has 0 unspecified atom stereocenters. The van der Waals surface area contributed by atoms with Gasteiger partial charge >= 0.3 is 0 Å². The van der Waals surface area contributed by atoms with Gasteiger partial charge in [-0.1, -0.05) is 6.08 Å². The second-order valence-electron chi connectivity index (χ2n) is 4.37. The van der Waals surface area contributed by atoms with Gasteiger partial charge in [0.15, 0.2) is 8.32 Å². The number of hydrogen-bond acceptors (Lipinski definition) is 2. The van der Waals surface area contributed by atoms with Crippen LogP contribution in [0.2, 0.25) is 19.1 Å². The summed E-state index contributed by atoms with van der Waals surface area (Å²) in [6, 6.07) is 1.17. The molecule has 0 amide bonds. The maximum atomic E-state index is 5.91. The second kappa shape index (κ2) is 7.07. The predicted molar refractivity (Wildman–Crippen MR) is 63.9 cm³/mol. The maximum absolute atomic E-state index is 5.91. The van der Waals surface area contributed by atoms with Gasteiger partial charge in [0.05, 0.1) is 12.9 Å². The number of allylic oxidation sites excluding steroid dienone is 1. The molecule has 0 aliphatic heterocycles. The Balaban J connectivity index is 3.55. The van der Waals surface area contributed by atoms with E-state index in [0.29, 0.717) is 6.10 Å². The van der Waals surface area contributed by atoms with Crippen LogP contribution in [0.3, 0.4) is 0 Å². The summed E-state index contributed by atoms with van der Waals surface area (Å²) in [4.78, 5) is 0. The average Bonchev–Trinajstić information content (AvgIpc) is 2.01. The number of rotatable bonds is 7. The van der Waals surface area contributed by atoms with Crippen LogP contribution < -0.4 is 0 Å². The van der Waals surface area contributed by atoms with E-state index in [0.717, 1.165) is 13.0 Å². The lowest BCUT2D eigenvalue weighted by atomic mass is 10.5. The van der Waals surface area contributed by atoms with Gasteiger partial charge in [-0.15, -0.1) is 0 Å². The molecule has 0 saturated carbocycles. The zero-order valence-corrected chi connectivity index (χ0v) is 11.2. The molecule has 0 aliphatic carbocycles. The Morgan fingerprint density at radius 2 is 1.93 bits per heavy atom. The molecule has 0 rings (SSSR count). The lowest BCUT2D eigenvalue weighted by Crippen LogP contribution is -2.33. The monoisotopic (exact) mass is 216 g/mol. The first kappa shape index (κ1) is 13.7. The van der Waals surface area contributed by atoms with Gasteiger partial charge < -0.3 is 9.16 Å². The molecular weight excluding hydrogens is 192 g/mol. The summed E-state index contributed by atoms with van der Waals surface area (Å²) in [5.41, 5.74) is 0. The van der Waals surface area contributed by atoms with E-state index in [1.54, 1.807) is 6.26 Å². The van der Waals surface area contributed by atoms with Crippen molar-refractivity contribution in [3.8, 4) is 0 Å². The first-order valence-electron chi connectivity index (χ1n) is 5.38. The molecule has 0 spiro atoms. The Hall–Kier alpha value is -0.283. The van der Waals surface area contributed by atoms with E-state index in [9.17, 15) is 0 Å². The minimum absolute atomic E-state index is 0.355. The van der Waals surface area contributed by atoms with Gasteiger partial charge in [-0.25, -0.2) is 0 Å². The molecular formula is C11H24O2Si. The number of hydrogen-bond donors (Lipinski definition) is 0. The highest BCUT2D eigenvalue weighted by molar-refractivity contribution is 6.71. The summed E-state index contributed by atoms with van der Waals surface area (Å²) in [5, 5.41) is 0. The van der Waals surface area contributed by atoms with E-state index in [1.165, 1.54) is 6.04 Å². The Morgan fingerprint density at radius 3 is 2.43 bits per heavy atom. The lowest BCUT2D eigenvalue weighted by molar-refractivity contribution is 0.221. The van der Waals surface area contributed by atoms with E-state index < -0.39 is 8.32 Å². The molecule has 0 bridgehead atoms. The molecule has 0 aromatic carbocycles. The molecule has 3 heteroatoms. The van der Waals surface area contributed by atoms with E-state index in [1.807, 2.05) is 13.0 Å². The summed E-state index contributed by atoms with van der Waals surface area (Å²) in [6.45, 7) is 11.5. The van der Waals surface area contributed by atoms with Gasteiger partial charge in [0.1, 0.15) is 0 Å². The first-order chi connectivity index (χ1) is 6.48. The zero-order chi connectivity index (χ0) is 11.0. The summed E-state index contributed by atoms with van der Waals surface area (Å²) in [7, 11) is -1.43. The fraction of sp³-hybridized carbons (Fsp3) is 0.818. The molecule has 0 heterocycles. The minimum atomic E-state index is -1.43. The largest absolute Gasteiger partial charge is 0.502 e. The van der Waals surface area contributed by atoms with Crippen LogP contribution >= 0.6 is 0 Å². The summed E-state index contributed by atoms with van der Waals surface area (Å²) in [5.74, 6) is 0. The molecule has 14 heavy (non-hydrogen) atoms. The van der Waals surface area contributed by atoms with Gasteiger partial charge in [0.25, 0.3) is 0 Å². The summed E-state index contributed by atoms with van der Waals surface area (Å²) >= 11 is 0. The van der Waals surface area contributed by atoms with Crippen LogP contribution in [0.1, 0.15) is 27.2 Å². The standard InChI is InChI=1S/C11H24O2Si/c1-6-8-12-9-7-10-14(4,5)13-11(2)3/h6,8,11H,7,9-10H2,1-5H3. The highest BCUT2D eigenvalue weighted by Gasteiger charge is 2.22. The van der Waals surface area contributed by atoms with Crippen molar-refractivity contribution < 1.29 is 9.16 Å². The SMILES string of the molecule is CC=COCCC[Si](C)(C)OC(C)C. The number of ether oxygens (including phenoxy) is 1. The molecule has 84 valence electrons. The van der Waals surface area contributed by atoms with Gasteiger partial charge in [0, 0.05) is 6.10 Å². The van der Waals surface area contributed by atoms with Gasteiger partial charge in [-0.3, -0.25) is 0 Å². The minimum Gasteiger partial charge on any atom is -0.502 e. The van der Waals surface area contributed by atoms with Gasteiger partial charge in [-0.2, -0.15) is 0 Å². The van der Waals surface area contributed by atoms with Gasteiger partial charge in [0.2, 0.25) is 0 Å². The van der Waals surface area contributed by atoms with Crippen LogP contribution in [-0.4, -0.2) is 21.0 Å². The maximum Gasteiger partial charge on any atom is 0.187 e. The average molecular weight is 216 g/mol. The molecule has 0 fully saturated rings. The predicted octanol–water partition coefficient (Wildman–Crippen LogP) is 3.56. The molecule has 0 N–H and O–H groups in total. The van der Waals surface area contributed by atoms with Crippen LogP contribution in [0, 0.1) is 0 Å². The van der Waals surface area contributed by atoms with Crippen molar-refractivity contribution in [2.75, 3.05) is 6.61 Å². The molecule has 2 nitrogen and oxygen atoms in total. The first-order valence-corrected chi connectivity index (χ1v) is 8.50. The normalized spacial score (nSPS) is 12.7. The van der Waals surface area contributed by atoms with E-state index >= 15 is 0 Å². The fourth-order valence-electron chi connectivity index (χ4n) is 1.44. The highest BCUT2D eigenvalue weighted by Crippen LogP contribution is 2.15. The molecule has 0 atom stereocenters. The Labute approximate surface area is 89.4 Å². The topological polar surface area (TPSA) is 18.5 Å². The van der Waals surface area contributed by atoms with E-state index in [4.69, 9.17) is 9.16 Å². The van der Waals surface area contributed by atoms with Crippen molar-refractivity contribution in [1.29, 1.82) is 0 Å². The van der Waals surface area contributed by atoms with E-state index in [-0.39, 0.29) is 0 Å².